The predicted octanol–water partition coefficient (Wildman–Crippen LogP) is 8.14. The van der Waals surface area contributed by atoms with Crippen molar-refractivity contribution in [3.05, 3.63) is 115 Å². The summed E-state index contributed by atoms with van der Waals surface area (Å²) in [6.07, 6.45) is -4.79. The lowest BCUT2D eigenvalue weighted by molar-refractivity contribution is -0.139. The molecule has 60 heavy (non-hydrogen) atoms. The van der Waals surface area contributed by atoms with Crippen molar-refractivity contribution >= 4 is 54.8 Å². The van der Waals surface area contributed by atoms with Gasteiger partial charge in [-0.15, -0.1) is 0 Å². The normalized spacial score (nSPS) is 15.5. The van der Waals surface area contributed by atoms with E-state index in [-0.39, 0.29) is 48.9 Å². The van der Waals surface area contributed by atoms with Gasteiger partial charge in [0.25, 0.3) is 0 Å². The Morgan fingerprint density at radius 1 is 1.00 bits per heavy atom. The van der Waals surface area contributed by atoms with E-state index in [4.69, 9.17) is 30.5 Å². The molecule has 4 heterocycles. The quantitative estimate of drug-likeness (QED) is 0.0882. The second-order valence-corrected chi connectivity index (χ2v) is 17.4. The molecule has 0 N–H and O–H groups in total. The van der Waals surface area contributed by atoms with Crippen LogP contribution in [0.15, 0.2) is 70.3 Å². The number of hydrogen-bond acceptors (Lipinski definition) is 12. The molecule has 0 aliphatic carbocycles. The third-order valence-electron chi connectivity index (χ3n) is 10.3. The fourth-order valence-corrected chi connectivity index (χ4v) is 8.77. The number of hydrogen-bond donors (Lipinski definition) is 0. The molecule has 2 aliphatic rings. The Balaban J connectivity index is 1.29. The number of aromatic nitrogens is 4. The highest BCUT2D eigenvalue weighted by atomic mass is 79.9. The summed E-state index contributed by atoms with van der Waals surface area (Å²) < 4.78 is 95.4. The third-order valence-corrected chi connectivity index (χ3v) is 12.2. The number of carbonyl (C=O) groups excluding carboxylic acids is 1. The second-order valence-electron chi connectivity index (χ2n) is 14.3. The molecule has 1 atom stereocenters. The summed E-state index contributed by atoms with van der Waals surface area (Å²) in [6, 6.07) is 17.5. The first-order chi connectivity index (χ1) is 28.6. The van der Waals surface area contributed by atoms with E-state index in [0.717, 1.165) is 17.4 Å². The van der Waals surface area contributed by atoms with E-state index in [9.17, 15) is 13.2 Å². The lowest BCUT2D eigenvalue weighted by atomic mass is 9.94. The Bertz CT molecular complexity index is 2460. The van der Waals surface area contributed by atoms with Crippen LogP contribution in [0, 0.1) is 0 Å². The molecule has 3 aromatic carbocycles. The van der Waals surface area contributed by atoms with Crippen molar-refractivity contribution in [2.45, 2.75) is 70.0 Å². The summed E-state index contributed by atoms with van der Waals surface area (Å²) in [7, 11) is -0.875. The van der Waals surface area contributed by atoms with Gasteiger partial charge in [0.1, 0.15) is 17.3 Å². The number of aryl methyl sites for hydroxylation is 1. The molecule has 0 bridgehead atoms. The minimum absolute atomic E-state index is 0.106. The summed E-state index contributed by atoms with van der Waals surface area (Å²) >= 11 is 10.1. The summed E-state index contributed by atoms with van der Waals surface area (Å²) in [5.41, 5.74) is 2.25. The zero-order valence-corrected chi connectivity index (χ0v) is 36.2. The van der Waals surface area contributed by atoms with Crippen LogP contribution >= 0.6 is 27.5 Å². The van der Waals surface area contributed by atoms with Crippen LogP contribution in [0.5, 0.6) is 11.5 Å². The number of benzene rings is 3. The van der Waals surface area contributed by atoms with E-state index >= 15 is 13.2 Å². The molecule has 7 rings (SSSR count). The number of halogens is 5. The van der Waals surface area contributed by atoms with E-state index in [0.29, 0.717) is 65.5 Å². The number of ether oxygens (including phenoxy) is 4. The first-order valence-corrected chi connectivity index (χ1v) is 21.9. The molecule has 1 unspecified atom stereocenters. The van der Waals surface area contributed by atoms with Gasteiger partial charge < -0.3 is 28.7 Å². The molecule has 0 fully saturated rings. The molecular weight excluding hydrogens is 893 g/mol. The Hall–Kier alpha value is -4.91. The van der Waals surface area contributed by atoms with Crippen LogP contribution in [0.2, 0.25) is 5.02 Å². The number of alkyl halides is 3. The minimum atomic E-state index is -4.87. The third kappa shape index (κ3) is 9.21. The van der Waals surface area contributed by atoms with Crippen molar-refractivity contribution in [3.63, 3.8) is 0 Å². The maximum atomic E-state index is 15.0. The highest BCUT2D eigenvalue weighted by Crippen LogP contribution is 2.46. The Morgan fingerprint density at radius 3 is 2.20 bits per heavy atom. The van der Waals surface area contributed by atoms with Crippen LogP contribution in [-0.2, 0) is 64.7 Å². The van der Waals surface area contributed by atoms with E-state index in [1.807, 2.05) is 34.1 Å². The number of rotatable bonds is 12. The van der Waals surface area contributed by atoms with Crippen molar-refractivity contribution in [2.75, 3.05) is 43.4 Å². The topological polar surface area (TPSA) is 138 Å². The largest absolute Gasteiger partial charge is 0.497 e. The molecule has 0 radical (unpaired) electrons. The van der Waals surface area contributed by atoms with Crippen LogP contribution in [0.25, 0.3) is 0 Å². The summed E-state index contributed by atoms with van der Waals surface area (Å²) in [5.74, 6) is 0.965. The van der Waals surface area contributed by atoms with E-state index < -0.39 is 43.8 Å². The highest BCUT2D eigenvalue weighted by Gasteiger charge is 2.41. The SMILES string of the molecule is CCOC(=O)c1nn2c(c1Br)CN(c1nc(S(C)(=O)=O)nc3c1COC(c1cc(N(Cc4ccc(OC)cc4)Cc4ccc(OC)cc4)cc(Cl)c1C(F)(F)F)C3)CCC2. The number of anilines is 2. The molecule has 0 spiro atoms. The highest BCUT2D eigenvalue weighted by molar-refractivity contribution is 9.10. The fraction of sp³-hybridized carbons (Fsp3) is 0.366. The van der Waals surface area contributed by atoms with Crippen LogP contribution in [0.1, 0.15) is 69.1 Å². The first kappa shape index (κ1) is 43.2. The molecule has 0 saturated carbocycles. The number of carbonyl (C=O) groups is 1. The van der Waals surface area contributed by atoms with E-state index in [1.54, 1.807) is 50.1 Å². The molecule has 318 valence electrons. The second kappa shape index (κ2) is 17.6. The maximum absolute atomic E-state index is 15.0. The van der Waals surface area contributed by atoms with Gasteiger partial charge in [0.05, 0.1) is 66.5 Å². The molecule has 13 nitrogen and oxygen atoms in total. The van der Waals surface area contributed by atoms with Gasteiger partial charge in [-0.05, 0) is 82.4 Å². The zero-order chi connectivity index (χ0) is 42.9. The van der Waals surface area contributed by atoms with Crippen molar-refractivity contribution in [2.24, 2.45) is 0 Å². The molecule has 19 heteroatoms. The number of fused-ring (bicyclic) bond motifs is 2. The standard InChI is InChI=1S/C41H41BrClF3N6O7S/c1-5-58-39(53)37-36(42)33-22-50(15-6-16-52(33)49-37)38-30-23-59-34(19-32(30)47-40(48-38)60(4,54)55)29-17-26(18-31(43)35(29)41(44,45)46)51(20-24-7-11-27(56-2)12-8-24)21-25-9-13-28(57-3)14-10-25/h7-14,17-18,34H,5-6,15-16,19-23H2,1-4H3. The van der Waals surface area contributed by atoms with Gasteiger partial charge in [-0.25, -0.2) is 23.2 Å². The number of sulfone groups is 1. The number of methoxy groups -OCH3 is 2. The molecule has 0 amide bonds. The lowest BCUT2D eigenvalue weighted by Crippen LogP contribution is -2.30. The summed E-state index contributed by atoms with van der Waals surface area (Å²) in [5, 5.41) is 3.46. The fourth-order valence-electron chi connectivity index (χ4n) is 7.34. The van der Waals surface area contributed by atoms with Gasteiger partial charge in [-0.1, -0.05) is 35.9 Å². The smallest absolute Gasteiger partial charge is 0.418 e. The molecule has 2 aromatic heterocycles. The van der Waals surface area contributed by atoms with Gasteiger partial charge in [0.15, 0.2) is 5.69 Å². The zero-order valence-electron chi connectivity index (χ0n) is 33.1. The lowest BCUT2D eigenvalue weighted by Gasteiger charge is -2.33. The van der Waals surface area contributed by atoms with E-state index in [2.05, 4.69) is 31.0 Å². The minimum Gasteiger partial charge on any atom is -0.497 e. The van der Waals surface area contributed by atoms with Gasteiger partial charge in [0, 0.05) is 50.1 Å². The molecule has 5 aromatic rings. The predicted molar refractivity (Wildman–Crippen MR) is 220 cm³/mol. The van der Waals surface area contributed by atoms with Crippen LogP contribution in [0.4, 0.5) is 24.7 Å². The number of esters is 1. The van der Waals surface area contributed by atoms with Crippen LogP contribution < -0.4 is 19.3 Å². The summed E-state index contributed by atoms with van der Waals surface area (Å²) in [4.78, 5) is 25.3. The molecular formula is C41H41BrClF3N6O7S. The monoisotopic (exact) mass is 932 g/mol. The van der Waals surface area contributed by atoms with Crippen molar-refractivity contribution < 1.29 is 45.3 Å². The average molecular weight is 934 g/mol. The first-order valence-electron chi connectivity index (χ1n) is 18.9. The van der Waals surface area contributed by atoms with Gasteiger partial charge in [0.2, 0.25) is 15.0 Å². The maximum Gasteiger partial charge on any atom is 0.418 e. The molecule has 0 saturated heterocycles. The number of nitrogens with zero attached hydrogens (tertiary/aromatic N) is 6. The van der Waals surface area contributed by atoms with Crippen molar-refractivity contribution in [1.29, 1.82) is 0 Å². The van der Waals surface area contributed by atoms with Crippen molar-refractivity contribution in [3.8, 4) is 11.5 Å². The van der Waals surface area contributed by atoms with Gasteiger partial charge in [-0.3, -0.25) is 4.68 Å². The average Bonchev–Trinajstić information content (AvgIpc) is 3.37. The van der Waals surface area contributed by atoms with Crippen LogP contribution in [0.3, 0.4) is 0 Å². The van der Waals surface area contributed by atoms with Crippen LogP contribution in [-0.4, -0.2) is 67.8 Å². The van der Waals surface area contributed by atoms with Gasteiger partial charge in [-0.2, -0.15) is 18.3 Å². The molecule has 2 aliphatic heterocycles. The van der Waals surface area contributed by atoms with E-state index in [1.165, 1.54) is 12.1 Å². The Kier molecular flexibility index (Phi) is 12.7. The Labute approximate surface area is 358 Å². The van der Waals surface area contributed by atoms with Gasteiger partial charge >= 0.3 is 12.1 Å². The Morgan fingerprint density at radius 2 is 1.63 bits per heavy atom. The van der Waals surface area contributed by atoms with Crippen molar-refractivity contribution in [1.82, 2.24) is 19.7 Å². The summed E-state index contributed by atoms with van der Waals surface area (Å²) in [6.45, 7) is 3.24.